The molecule has 2 aromatic carbocycles. The van der Waals surface area contributed by atoms with Gasteiger partial charge in [0, 0.05) is 36.3 Å². The van der Waals surface area contributed by atoms with Gasteiger partial charge in [-0.3, -0.25) is 19.4 Å². The van der Waals surface area contributed by atoms with Gasteiger partial charge in [0.2, 0.25) is 5.91 Å². The molecule has 1 aliphatic heterocycles. The number of benzene rings is 2. The van der Waals surface area contributed by atoms with Gasteiger partial charge >= 0.3 is 0 Å². The van der Waals surface area contributed by atoms with Crippen molar-refractivity contribution in [1.29, 1.82) is 0 Å². The van der Waals surface area contributed by atoms with Gasteiger partial charge in [-0.05, 0) is 49.7 Å². The molecule has 8 heteroatoms. The normalized spacial score (nSPS) is 15.2. The molecular weight excluding hydrogens is 430 g/mol. The summed E-state index contributed by atoms with van der Waals surface area (Å²) >= 11 is 11.3. The molecule has 4 rings (SSSR count). The standard InChI is InChI=1S/C23H26ClN5OS/c1-16-2-6-18(7-3-16)22-26-27-23(31)29(22)15-21(30)25-20-10-12-28(13-11-20)14-17-4-8-19(24)9-5-17/h2-9,20H,10-15H2,1H3,(H,25,30)(H,27,31). The molecule has 0 saturated carbocycles. The van der Waals surface area contributed by atoms with Crippen LogP contribution in [0.1, 0.15) is 24.0 Å². The van der Waals surface area contributed by atoms with Gasteiger partial charge < -0.3 is 5.32 Å². The maximum absolute atomic E-state index is 12.7. The van der Waals surface area contributed by atoms with Crippen LogP contribution in [0.3, 0.4) is 0 Å². The van der Waals surface area contributed by atoms with Crippen molar-refractivity contribution in [2.75, 3.05) is 13.1 Å². The molecule has 0 bridgehead atoms. The molecule has 1 amide bonds. The van der Waals surface area contributed by atoms with E-state index < -0.39 is 0 Å². The Hall–Kier alpha value is -2.48. The predicted octanol–water partition coefficient (Wildman–Crippen LogP) is 4.35. The van der Waals surface area contributed by atoms with Gasteiger partial charge in [0.1, 0.15) is 6.54 Å². The highest BCUT2D eigenvalue weighted by Crippen LogP contribution is 2.19. The van der Waals surface area contributed by atoms with Gasteiger partial charge in [-0.1, -0.05) is 53.6 Å². The number of nitrogens with one attached hydrogen (secondary N) is 2. The summed E-state index contributed by atoms with van der Waals surface area (Å²) in [5.41, 5.74) is 3.36. The average molecular weight is 456 g/mol. The van der Waals surface area contributed by atoms with Crippen LogP contribution in [0.4, 0.5) is 0 Å². The Kier molecular flexibility index (Phi) is 6.85. The van der Waals surface area contributed by atoms with E-state index in [9.17, 15) is 4.79 Å². The Bertz CT molecular complexity index is 1080. The van der Waals surface area contributed by atoms with E-state index in [1.165, 1.54) is 11.1 Å². The Labute approximate surface area is 192 Å². The number of rotatable bonds is 6. The summed E-state index contributed by atoms with van der Waals surface area (Å²) < 4.78 is 2.20. The van der Waals surface area contributed by atoms with Crippen LogP contribution in [-0.4, -0.2) is 44.7 Å². The molecule has 0 spiro atoms. The SMILES string of the molecule is Cc1ccc(-c2n[nH]c(=S)n2CC(=O)NC2CCN(Cc3ccc(Cl)cc3)CC2)cc1. The lowest BCUT2D eigenvalue weighted by Gasteiger charge is -2.32. The van der Waals surface area contributed by atoms with Crippen LogP contribution < -0.4 is 5.32 Å². The molecule has 162 valence electrons. The number of carbonyl (C=O) groups is 1. The molecule has 2 heterocycles. The second-order valence-electron chi connectivity index (χ2n) is 8.05. The molecule has 0 atom stereocenters. The van der Waals surface area contributed by atoms with Crippen LogP contribution in [0.25, 0.3) is 11.4 Å². The number of amides is 1. The quantitative estimate of drug-likeness (QED) is 0.542. The summed E-state index contributed by atoms with van der Waals surface area (Å²) in [5.74, 6) is 0.639. The monoisotopic (exact) mass is 455 g/mol. The Balaban J connectivity index is 1.31. The summed E-state index contributed by atoms with van der Waals surface area (Å²) in [6, 6.07) is 16.2. The largest absolute Gasteiger partial charge is 0.352 e. The lowest BCUT2D eigenvalue weighted by Crippen LogP contribution is -2.45. The van der Waals surface area contributed by atoms with Crippen molar-refractivity contribution in [1.82, 2.24) is 25.0 Å². The number of aromatic amines is 1. The molecule has 1 aromatic heterocycles. The first-order valence-corrected chi connectivity index (χ1v) is 11.2. The summed E-state index contributed by atoms with van der Waals surface area (Å²) in [4.78, 5) is 15.1. The van der Waals surface area contributed by atoms with E-state index in [1.807, 2.05) is 43.3 Å². The molecule has 1 aliphatic rings. The molecule has 0 unspecified atom stereocenters. The topological polar surface area (TPSA) is 66.0 Å². The predicted molar refractivity (Wildman–Crippen MR) is 125 cm³/mol. The number of hydrogen-bond acceptors (Lipinski definition) is 4. The maximum Gasteiger partial charge on any atom is 0.240 e. The highest BCUT2D eigenvalue weighted by molar-refractivity contribution is 7.71. The van der Waals surface area contributed by atoms with E-state index >= 15 is 0 Å². The van der Waals surface area contributed by atoms with E-state index in [0.717, 1.165) is 43.1 Å². The Morgan fingerprint density at radius 1 is 1.16 bits per heavy atom. The third-order valence-electron chi connectivity index (χ3n) is 5.64. The van der Waals surface area contributed by atoms with Crippen molar-refractivity contribution in [3.05, 3.63) is 69.5 Å². The maximum atomic E-state index is 12.7. The number of H-pyrrole nitrogens is 1. The minimum absolute atomic E-state index is 0.0398. The molecule has 0 radical (unpaired) electrons. The molecule has 2 N–H and O–H groups in total. The number of likely N-dealkylation sites (tertiary alicyclic amines) is 1. The zero-order valence-corrected chi connectivity index (χ0v) is 19.0. The molecule has 31 heavy (non-hydrogen) atoms. The van der Waals surface area contributed by atoms with E-state index in [1.54, 1.807) is 4.57 Å². The lowest BCUT2D eigenvalue weighted by atomic mass is 10.0. The van der Waals surface area contributed by atoms with Gasteiger partial charge in [0.25, 0.3) is 0 Å². The van der Waals surface area contributed by atoms with E-state index in [0.29, 0.717) is 10.6 Å². The highest BCUT2D eigenvalue weighted by Gasteiger charge is 2.21. The zero-order valence-electron chi connectivity index (χ0n) is 17.5. The Morgan fingerprint density at radius 2 is 1.84 bits per heavy atom. The van der Waals surface area contributed by atoms with E-state index in [-0.39, 0.29) is 18.5 Å². The second kappa shape index (κ2) is 9.77. The fraction of sp³-hybridized carbons (Fsp3) is 0.348. The van der Waals surface area contributed by atoms with Crippen molar-refractivity contribution in [2.45, 2.75) is 38.9 Å². The molecule has 1 fully saturated rings. The first-order chi connectivity index (χ1) is 15.0. The lowest BCUT2D eigenvalue weighted by molar-refractivity contribution is -0.122. The van der Waals surface area contributed by atoms with Gasteiger partial charge in [0.05, 0.1) is 0 Å². The third kappa shape index (κ3) is 5.61. The van der Waals surface area contributed by atoms with E-state index in [4.69, 9.17) is 23.8 Å². The number of hydrogen-bond donors (Lipinski definition) is 2. The smallest absolute Gasteiger partial charge is 0.240 e. The zero-order chi connectivity index (χ0) is 21.8. The molecule has 6 nitrogen and oxygen atoms in total. The van der Waals surface area contributed by atoms with Crippen LogP contribution in [0.2, 0.25) is 5.02 Å². The number of piperidine rings is 1. The number of aromatic nitrogens is 3. The minimum Gasteiger partial charge on any atom is -0.352 e. The van der Waals surface area contributed by atoms with Crippen molar-refractivity contribution >= 4 is 29.7 Å². The number of nitrogens with zero attached hydrogens (tertiary/aromatic N) is 3. The first kappa shape index (κ1) is 21.7. The fourth-order valence-corrected chi connectivity index (χ4v) is 4.21. The second-order valence-corrected chi connectivity index (χ2v) is 8.87. The number of halogens is 1. The molecule has 1 saturated heterocycles. The van der Waals surface area contributed by atoms with Crippen molar-refractivity contribution < 1.29 is 4.79 Å². The van der Waals surface area contributed by atoms with E-state index in [2.05, 4.69) is 32.5 Å². The summed E-state index contributed by atoms with van der Waals surface area (Å²) in [7, 11) is 0. The number of carbonyl (C=O) groups excluding carboxylic acids is 1. The van der Waals surface area contributed by atoms with Gasteiger partial charge in [0.15, 0.2) is 10.6 Å². The van der Waals surface area contributed by atoms with Crippen LogP contribution in [-0.2, 0) is 17.9 Å². The van der Waals surface area contributed by atoms with Gasteiger partial charge in [-0.15, -0.1) is 0 Å². The van der Waals surface area contributed by atoms with Gasteiger partial charge in [-0.2, -0.15) is 5.10 Å². The van der Waals surface area contributed by atoms with Crippen molar-refractivity contribution in [2.24, 2.45) is 0 Å². The van der Waals surface area contributed by atoms with Crippen LogP contribution >= 0.6 is 23.8 Å². The summed E-state index contributed by atoms with van der Waals surface area (Å²) in [5, 5.41) is 11.1. The molecular formula is C23H26ClN5OS. The third-order valence-corrected chi connectivity index (χ3v) is 6.21. The van der Waals surface area contributed by atoms with Crippen molar-refractivity contribution in [3.63, 3.8) is 0 Å². The van der Waals surface area contributed by atoms with Crippen LogP contribution in [0.15, 0.2) is 48.5 Å². The highest BCUT2D eigenvalue weighted by atomic mass is 35.5. The fourth-order valence-electron chi connectivity index (χ4n) is 3.89. The summed E-state index contributed by atoms with van der Waals surface area (Å²) in [6.07, 6.45) is 1.86. The number of aryl methyl sites for hydroxylation is 1. The minimum atomic E-state index is -0.0398. The first-order valence-electron chi connectivity index (χ1n) is 10.5. The molecule has 0 aliphatic carbocycles. The average Bonchev–Trinajstić information content (AvgIpc) is 3.12. The Morgan fingerprint density at radius 3 is 2.52 bits per heavy atom. The van der Waals surface area contributed by atoms with Crippen molar-refractivity contribution in [3.8, 4) is 11.4 Å². The van der Waals surface area contributed by atoms with Gasteiger partial charge in [-0.25, -0.2) is 0 Å². The van der Waals surface area contributed by atoms with Crippen LogP contribution in [0, 0.1) is 11.7 Å². The molecule has 3 aromatic rings. The summed E-state index contributed by atoms with van der Waals surface area (Å²) in [6.45, 7) is 5.00. The van der Waals surface area contributed by atoms with Crippen LogP contribution in [0.5, 0.6) is 0 Å².